The van der Waals surface area contributed by atoms with Crippen LogP contribution < -0.4 is 9.47 Å². The van der Waals surface area contributed by atoms with Crippen LogP contribution in [0.15, 0.2) is 18.2 Å². The molecular formula is C14H18O3. The van der Waals surface area contributed by atoms with Crippen LogP contribution in [0.3, 0.4) is 0 Å². The highest BCUT2D eigenvalue weighted by atomic mass is 16.7. The van der Waals surface area contributed by atoms with Crippen molar-refractivity contribution in [3.05, 3.63) is 23.8 Å². The molecule has 1 unspecified atom stereocenters. The molecule has 0 bridgehead atoms. The standard InChI is InChI=1S/C14H18O3/c1-9(15)14(5)16-11-7-6-10(13(2,3)4)8-12(11)17-14/h6-8H,1-5H3. The average Bonchev–Trinajstić information content (AvgIpc) is 2.52. The normalized spacial score (nSPS) is 22.6. The van der Waals surface area contributed by atoms with Crippen molar-refractivity contribution in [1.29, 1.82) is 0 Å². The van der Waals surface area contributed by atoms with Crippen LogP contribution in [-0.2, 0) is 10.2 Å². The number of ketones is 1. The number of carbonyl (C=O) groups is 1. The molecule has 0 saturated heterocycles. The third kappa shape index (κ3) is 2.02. The monoisotopic (exact) mass is 234 g/mol. The van der Waals surface area contributed by atoms with Crippen LogP contribution in [0.4, 0.5) is 0 Å². The third-order valence-electron chi connectivity index (χ3n) is 3.06. The Bertz CT molecular complexity index is 471. The van der Waals surface area contributed by atoms with Crippen LogP contribution >= 0.6 is 0 Å². The van der Waals surface area contributed by atoms with E-state index in [0.717, 1.165) is 5.56 Å². The summed E-state index contributed by atoms with van der Waals surface area (Å²) in [6.07, 6.45) is 0. The predicted octanol–water partition coefficient (Wildman–Crippen LogP) is 3.06. The number of fused-ring (bicyclic) bond motifs is 1. The molecule has 3 heteroatoms. The van der Waals surface area contributed by atoms with Crippen molar-refractivity contribution >= 4 is 5.78 Å². The number of carbonyl (C=O) groups excluding carboxylic acids is 1. The Hall–Kier alpha value is -1.51. The second-order valence-corrected chi connectivity index (χ2v) is 5.62. The Morgan fingerprint density at radius 3 is 2.29 bits per heavy atom. The SMILES string of the molecule is CC(=O)C1(C)Oc2ccc(C(C)(C)C)cc2O1. The third-order valence-corrected chi connectivity index (χ3v) is 3.06. The van der Waals surface area contributed by atoms with Gasteiger partial charge in [0, 0.05) is 13.8 Å². The lowest BCUT2D eigenvalue weighted by molar-refractivity contribution is -0.149. The van der Waals surface area contributed by atoms with Crippen molar-refractivity contribution in [3.63, 3.8) is 0 Å². The van der Waals surface area contributed by atoms with E-state index in [4.69, 9.17) is 9.47 Å². The maximum Gasteiger partial charge on any atom is 0.308 e. The predicted molar refractivity (Wildman–Crippen MR) is 65.5 cm³/mol. The average molecular weight is 234 g/mol. The summed E-state index contributed by atoms with van der Waals surface area (Å²) in [5.74, 6) is -0.0180. The van der Waals surface area contributed by atoms with Gasteiger partial charge >= 0.3 is 5.79 Å². The van der Waals surface area contributed by atoms with Crippen LogP contribution in [0, 0.1) is 0 Å². The summed E-state index contributed by atoms with van der Waals surface area (Å²) in [6.45, 7) is 9.51. The Balaban J connectivity index is 2.38. The first-order valence-electron chi connectivity index (χ1n) is 5.76. The van der Waals surface area contributed by atoms with Gasteiger partial charge < -0.3 is 9.47 Å². The fourth-order valence-corrected chi connectivity index (χ4v) is 1.72. The fourth-order valence-electron chi connectivity index (χ4n) is 1.72. The second kappa shape index (κ2) is 3.49. The van der Waals surface area contributed by atoms with Crippen molar-refractivity contribution in [2.45, 2.75) is 45.8 Å². The van der Waals surface area contributed by atoms with Crippen LogP contribution in [0.5, 0.6) is 11.5 Å². The zero-order valence-electron chi connectivity index (χ0n) is 11.0. The summed E-state index contributed by atoms with van der Waals surface area (Å²) >= 11 is 0. The van der Waals surface area contributed by atoms with Gasteiger partial charge in [0.1, 0.15) is 0 Å². The number of hydrogen-bond acceptors (Lipinski definition) is 3. The molecule has 92 valence electrons. The van der Waals surface area contributed by atoms with Gasteiger partial charge in [-0.25, -0.2) is 0 Å². The van der Waals surface area contributed by atoms with Crippen LogP contribution in [0.2, 0.25) is 0 Å². The summed E-state index contributed by atoms with van der Waals surface area (Å²) in [7, 11) is 0. The molecule has 1 aromatic rings. The first kappa shape index (κ1) is 12.0. The number of benzene rings is 1. The van der Waals surface area contributed by atoms with Gasteiger partial charge in [-0.3, -0.25) is 4.79 Å². The Morgan fingerprint density at radius 2 is 1.76 bits per heavy atom. The first-order valence-corrected chi connectivity index (χ1v) is 5.76. The highest BCUT2D eigenvalue weighted by molar-refractivity contribution is 5.84. The molecule has 0 spiro atoms. The molecule has 0 amide bonds. The van der Waals surface area contributed by atoms with E-state index in [9.17, 15) is 4.79 Å². The smallest absolute Gasteiger partial charge is 0.308 e. The van der Waals surface area contributed by atoms with Crippen molar-refractivity contribution < 1.29 is 14.3 Å². The highest BCUT2D eigenvalue weighted by Crippen LogP contribution is 2.41. The van der Waals surface area contributed by atoms with Crippen molar-refractivity contribution in [1.82, 2.24) is 0 Å². The van der Waals surface area contributed by atoms with Gasteiger partial charge in [-0.2, -0.15) is 0 Å². The molecule has 0 N–H and O–H groups in total. The summed E-state index contributed by atoms with van der Waals surface area (Å²) < 4.78 is 11.2. The Morgan fingerprint density at radius 1 is 1.18 bits per heavy atom. The van der Waals surface area contributed by atoms with E-state index in [-0.39, 0.29) is 11.2 Å². The Labute approximate surface area is 102 Å². The highest BCUT2D eigenvalue weighted by Gasteiger charge is 2.41. The lowest BCUT2D eigenvalue weighted by atomic mass is 9.87. The quantitative estimate of drug-likeness (QED) is 0.749. The summed E-state index contributed by atoms with van der Waals surface area (Å²) in [6, 6.07) is 5.82. The zero-order chi connectivity index (χ0) is 12.8. The van der Waals surface area contributed by atoms with E-state index < -0.39 is 5.79 Å². The van der Waals surface area contributed by atoms with Crippen molar-refractivity contribution in [2.75, 3.05) is 0 Å². The van der Waals surface area contributed by atoms with Gasteiger partial charge in [-0.05, 0) is 23.1 Å². The van der Waals surface area contributed by atoms with Gasteiger partial charge in [0.15, 0.2) is 11.5 Å². The summed E-state index contributed by atoms with van der Waals surface area (Å²) in [4.78, 5) is 11.5. The maximum absolute atomic E-state index is 11.5. The topological polar surface area (TPSA) is 35.5 Å². The molecule has 0 saturated carbocycles. The molecule has 0 radical (unpaired) electrons. The molecule has 1 heterocycles. The lowest BCUT2D eigenvalue weighted by Gasteiger charge is -2.19. The van der Waals surface area contributed by atoms with Gasteiger partial charge in [-0.1, -0.05) is 26.8 Å². The summed E-state index contributed by atoms with van der Waals surface area (Å²) in [5.41, 5.74) is 1.21. The van der Waals surface area contributed by atoms with Crippen molar-refractivity contribution in [3.8, 4) is 11.5 Å². The maximum atomic E-state index is 11.5. The molecule has 0 aromatic heterocycles. The van der Waals surface area contributed by atoms with Crippen LogP contribution in [-0.4, -0.2) is 11.6 Å². The van der Waals surface area contributed by atoms with Crippen LogP contribution in [0.1, 0.15) is 40.2 Å². The van der Waals surface area contributed by atoms with E-state index in [2.05, 4.69) is 20.8 Å². The van der Waals surface area contributed by atoms with E-state index >= 15 is 0 Å². The van der Waals surface area contributed by atoms with E-state index in [1.54, 1.807) is 6.92 Å². The fraction of sp³-hybridized carbons (Fsp3) is 0.500. The lowest BCUT2D eigenvalue weighted by Crippen LogP contribution is -2.42. The molecule has 3 nitrogen and oxygen atoms in total. The van der Waals surface area contributed by atoms with Gasteiger partial charge in [0.05, 0.1) is 0 Å². The molecule has 0 fully saturated rings. The second-order valence-electron chi connectivity index (χ2n) is 5.62. The van der Waals surface area contributed by atoms with Gasteiger partial charge in [0.2, 0.25) is 5.78 Å². The van der Waals surface area contributed by atoms with E-state index in [0.29, 0.717) is 11.5 Å². The number of hydrogen-bond donors (Lipinski definition) is 0. The molecule has 2 rings (SSSR count). The number of rotatable bonds is 1. The van der Waals surface area contributed by atoms with Gasteiger partial charge in [0.25, 0.3) is 0 Å². The summed E-state index contributed by atoms with van der Waals surface area (Å²) in [5, 5.41) is 0. The molecule has 1 atom stereocenters. The number of Topliss-reactive ketones (excluding diaryl/α,β-unsaturated/α-hetero) is 1. The zero-order valence-corrected chi connectivity index (χ0v) is 11.0. The number of ether oxygens (including phenoxy) is 2. The minimum absolute atomic E-state index is 0.0492. The van der Waals surface area contributed by atoms with Crippen LogP contribution in [0.25, 0.3) is 0 Å². The molecule has 1 aliphatic rings. The minimum Gasteiger partial charge on any atom is -0.442 e. The van der Waals surface area contributed by atoms with E-state index in [1.807, 2.05) is 18.2 Å². The molecule has 1 aromatic carbocycles. The molecular weight excluding hydrogens is 216 g/mol. The first-order chi connectivity index (χ1) is 7.72. The van der Waals surface area contributed by atoms with Gasteiger partial charge in [-0.15, -0.1) is 0 Å². The molecule has 1 aliphatic heterocycles. The molecule has 17 heavy (non-hydrogen) atoms. The van der Waals surface area contributed by atoms with E-state index in [1.165, 1.54) is 6.92 Å². The minimum atomic E-state index is -1.17. The molecule has 0 aliphatic carbocycles. The largest absolute Gasteiger partial charge is 0.442 e. The van der Waals surface area contributed by atoms with Crippen molar-refractivity contribution in [2.24, 2.45) is 0 Å². The Kier molecular flexibility index (Phi) is 2.45.